The average Bonchev–Trinajstić information content (AvgIpc) is 2.20. The van der Waals surface area contributed by atoms with Crippen molar-refractivity contribution in [2.24, 2.45) is 0 Å². The van der Waals surface area contributed by atoms with Gasteiger partial charge in [-0.3, -0.25) is 0 Å². The molecule has 0 radical (unpaired) electrons. The van der Waals surface area contributed by atoms with Gasteiger partial charge in [0.2, 0.25) is 5.92 Å². The summed E-state index contributed by atoms with van der Waals surface area (Å²) in [7, 11) is -2.11. The molecule has 0 saturated heterocycles. The average molecular weight is 278 g/mol. The summed E-state index contributed by atoms with van der Waals surface area (Å²) < 4.78 is 32.5. The molecular formula is C13H24F2O2Si. The van der Waals surface area contributed by atoms with Crippen LogP contribution in [0.4, 0.5) is 8.78 Å². The van der Waals surface area contributed by atoms with E-state index in [1.807, 2.05) is 13.1 Å². The van der Waals surface area contributed by atoms with Crippen molar-refractivity contribution in [2.45, 2.75) is 76.1 Å². The summed E-state index contributed by atoms with van der Waals surface area (Å²) >= 11 is 0. The molecule has 0 N–H and O–H groups in total. The number of rotatable bonds is 3. The lowest BCUT2D eigenvalue weighted by atomic mass is 9.84. The normalized spacial score (nSPS) is 23.7. The summed E-state index contributed by atoms with van der Waals surface area (Å²) in [4.78, 5) is 11.3. The third-order valence-corrected chi connectivity index (χ3v) is 8.84. The van der Waals surface area contributed by atoms with E-state index in [1.54, 1.807) is 0 Å². The van der Waals surface area contributed by atoms with Gasteiger partial charge < -0.3 is 9.22 Å². The number of carbonyl (C=O) groups is 1. The van der Waals surface area contributed by atoms with Gasteiger partial charge in [-0.1, -0.05) is 20.8 Å². The summed E-state index contributed by atoms with van der Waals surface area (Å²) in [6.07, 6.45) is 0.523. The van der Waals surface area contributed by atoms with Crippen molar-refractivity contribution in [1.29, 1.82) is 0 Å². The van der Waals surface area contributed by atoms with Crippen molar-refractivity contribution in [3.05, 3.63) is 0 Å². The Labute approximate surface area is 109 Å². The second-order valence-corrected chi connectivity index (χ2v) is 11.6. The van der Waals surface area contributed by atoms with Crippen LogP contribution in [0.2, 0.25) is 18.1 Å². The molecule has 0 heterocycles. The Morgan fingerprint density at radius 3 is 1.89 bits per heavy atom. The zero-order valence-electron chi connectivity index (χ0n) is 12.0. The van der Waals surface area contributed by atoms with Gasteiger partial charge in [-0.25, -0.2) is 8.78 Å². The van der Waals surface area contributed by atoms with Crippen LogP contribution >= 0.6 is 0 Å². The molecule has 1 fully saturated rings. The first-order valence-electron chi connectivity index (χ1n) is 6.47. The van der Waals surface area contributed by atoms with Gasteiger partial charge in [0, 0.05) is 12.8 Å². The minimum atomic E-state index is -2.64. The Hall–Kier alpha value is -0.293. The second-order valence-electron chi connectivity index (χ2n) is 6.90. The van der Waals surface area contributed by atoms with Crippen molar-refractivity contribution in [2.75, 3.05) is 0 Å². The maximum atomic E-state index is 13.2. The zero-order valence-corrected chi connectivity index (χ0v) is 13.0. The van der Waals surface area contributed by atoms with Crippen LogP contribution in [0.3, 0.4) is 0 Å². The number of carbonyl (C=O) groups excluding carboxylic acids is 1. The van der Waals surface area contributed by atoms with Gasteiger partial charge in [0.25, 0.3) is 0 Å². The van der Waals surface area contributed by atoms with Gasteiger partial charge in [-0.2, -0.15) is 0 Å². The molecule has 0 bridgehead atoms. The third-order valence-electron chi connectivity index (χ3n) is 4.31. The molecule has 18 heavy (non-hydrogen) atoms. The lowest BCUT2D eigenvalue weighted by Gasteiger charge is -2.45. The van der Waals surface area contributed by atoms with E-state index in [1.165, 1.54) is 0 Å². The Morgan fingerprint density at radius 1 is 1.11 bits per heavy atom. The molecule has 2 nitrogen and oxygen atoms in total. The molecule has 0 amide bonds. The Morgan fingerprint density at radius 2 is 1.56 bits per heavy atom. The minimum absolute atomic E-state index is 0.0248. The number of aldehydes is 1. The van der Waals surface area contributed by atoms with Crippen LogP contribution in [0, 0.1) is 0 Å². The number of hydrogen-bond acceptors (Lipinski definition) is 2. The van der Waals surface area contributed by atoms with Gasteiger partial charge in [-0.05, 0) is 31.0 Å². The summed E-state index contributed by atoms with van der Waals surface area (Å²) in [5.74, 6) is -2.64. The van der Waals surface area contributed by atoms with E-state index >= 15 is 0 Å². The molecule has 1 saturated carbocycles. The van der Waals surface area contributed by atoms with Gasteiger partial charge >= 0.3 is 0 Å². The number of alkyl halides is 2. The highest BCUT2D eigenvalue weighted by atomic mass is 28.4. The summed E-state index contributed by atoms with van der Waals surface area (Å²) in [5, 5.41) is -0.0248. The molecular weight excluding hydrogens is 254 g/mol. The molecule has 1 rings (SSSR count). The fourth-order valence-electron chi connectivity index (χ4n) is 1.94. The predicted octanol–water partition coefficient (Wildman–Crippen LogP) is 4.16. The van der Waals surface area contributed by atoms with Gasteiger partial charge in [0.05, 0.1) is 0 Å². The molecule has 0 aromatic carbocycles. The van der Waals surface area contributed by atoms with Crippen LogP contribution in [0.1, 0.15) is 46.5 Å². The smallest absolute Gasteiger partial charge is 0.248 e. The van der Waals surface area contributed by atoms with Gasteiger partial charge in [0.1, 0.15) is 5.60 Å². The zero-order chi connectivity index (χ0) is 14.2. The van der Waals surface area contributed by atoms with E-state index < -0.39 is 19.8 Å². The van der Waals surface area contributed by atoms with E-state index in [2.05, 4.69) is 20.8 Å². The van der Waals surface area contributed by atoms with Crippen molar-refractivity contribution in [3.8, 4) is 0 Å². The summed E-state index contributed by atoms with van der Waals surface area (Å²) in [6.45, 7) is 10.3. The lowest BCUT2D eigenvalue weighted by molar-refractivity contribution is -0.135. The van der Waals surface area contributed by atoms with Crippen LogP contribution < -0.4 is 0 Å². The van der Waals surface area contributed by atoms with Crippen LogP contribution in [0.5, 0.6) is 0 Å². The predicted molar refractivity (Wildman–Crippen MR) is 70.5 cm³/mol. The number of halogens is 2. The van der Waals surface area contributed by atoms with E-state index in [-0.39, 0.29) is 30.7 Å². The highest BCUT2D eigenvalue weighted by molar-refractivity contribution is 6.74. The van der Waals surface area contributed by atoms with Crippen LogP contribution in [0.25, 0.3) is 0 Å². The van der Waals surface area contributed by atoms with E-state index in [9.17, 15) is 13.6 Å². The first-order valence-corrected chi connectivity index (χ1v) is 9.38. The van der Waals surface area contributed by atoms with Crippen LogP contribution in [0.15, 0.2) is 0 Å². The minimum Gasteiger partial charge on any atom is -0.405 e. The highest BCUT2D eigenvalue weighted by Gasteiger charge is 2.49. The molecule has 1 aliphatic carbocycles. The lowest BCUT2D eigenvalue weighted by Crippen LogP contribution is -2.53. The van der Waals surface area contributed by atoms with E-state index in [0.29, 0.717) is 0 Å². The maximum absolute atomic E-state index is 13.2. The first-order chi connectivity index (χ1) is 7.93. The standard InChI is InChI=1S/C13H24F2O2Si/c1-11(2,3)18(4,5)17-12(10-16)6-8-13(14,15)9-7-12/h10H,6-9H2,1-5H3. The van der Waals surface area contributed by atoms with Gasteiger partial charge in [0.15, 0.2) is 14.6 Å². The monoisotopic (exact) mass is 278 g/mol. The molecule has 0 aliphatic heterocycles. The molecule has 0 aromatic heterocycles. The topological polar surface area (TPSA) is 26.3 Å². The Bertz CT molecular complexity index is 311. The highest BCUT2D eigenvalue weighted by Crippen LogP contribution is 2.45. The maximum Gasteiger partial charge on any atom is 0.248 e. The molecule has 106 valence electrons. The molecule has 0 spiro atoms. The largest absolute Gasteiger partial charge is 0.405 e. The summed E-state index contributed by atoms with van der Waals surface area (Å²) in [6, 6.07) is 0. The molecule has 1 aliphatic rings. The van der Waals surface area contributed by atoms with Crippen LogP contribution in [-0.4, -0.2) is 26.1 Å². The Kier molecular flexibility index (Phi) is 4.09. The Balaban J connectivity index is 2.83. The van der Waals surface area contributed by atoms with Crippen molar-refractivity contribution >= 4 is 14.6 Å². The van der Waals surface area contributed by atoms with E-state index in [4.69, 9.17) is 4.43 Å². The molecule has 5 heteroatoms. The quantitative estimate of drug-likeness (QED) is 0.572. The van der Waals surface area contributed by atoms with Gasteiger partial charge in [-0.15, -0.1) is 0 Å². The SMILES string of the molecule is CC(C)(C)[Si](C)(C)OC1(C=O)CCC(F)(F)CC1. The molecule has 0 unspecified atom stereocenters. The van der Waals surface area contributed by atoms with Crippen molar-refractivity contribution < 1.29 is 18.0 Å². The first kappa shape index (κ1) is 15.8. The number of hydrogen-bond donors (Lipinski definition) is 0. The van der Waals surface area contributed by atoms with Crippen molar-refractivity contribution in [1.82, 2.24) is 0 Å². The van der Waals surface area contributed by atoms with Crippen LogP contribution in [-0.2, 0) is 9.22 Å². The molecule has 0 aromatic rings. The molecule has 0 atom stereocenters. The fourth-order valence-corrected chi connectivity index (χ4v) is 3.52. The van der Waals surface area contributed by atoms with E-state index in [0.717, 1.165) is 6.29 Å². The van der Waals surface area contributed by atoms with Crippen molar-refractivity contribution in [3.63, 3.8) is 0 Å². The fraction of sp³-hybridized carbons (Fsp3) is 0.923. The second kappa shape index (κ2) is 4.67. The summed E-state index contributed by atoms with van der Waals surface area (Å²) in [5.41, 5.74) is -0.981. The third kappa shape index (κ3) is 3.38.